The minimum Gasteiger partial charge on any atom is -0.481 e. The van der Waals surface area contributed by atoms with Crippen molar-refractivity contribution < 1.29 is 14.7 Å². The smallest absolute Gasteiger partial charge is 0.307 e. The molecule has 1 saturated carbocycles. The number of thiophene rings is 1. The highest BCUT2D eigenvalue weighted by Gasteiger charge is 2.49. The molecule has 2 aromatic rings. The van der Waals surface area contributed by atoms with Crippen molar-refractivity contribution in [2.24, 2.45) is 11.8 Å². The fraction of sp³-hybridized carbons (Fsp3) is 0.385. The average Bonchev–Trinajstić information content (AvgIpc) is 3.09. The Hall–Kier alpha value is -2.22. The number of nitrogens with zero attached hydrogens (tertiary/aromatic N) is 2. The van der Waals surface area contributed by atoms with Crippen LogP contribution in [0.3, 0.4) is 0 Å². The first-order valence-electron chi connectivity index (χ1n) is 6.41. The summed E-state index contributed by atoms with van der Waals surface area (Å²) in [6, 6.07) is 1.75. The molecule has 0 saturated heterocycles. The maximum atomic E-state index is 12.1. The second-order valence-corrected chi connectivity index (χ2v) is 6.04. The molecule has 1 aliphatic carbocycles. The Kier molecular flexibility index (Phi) is 3.25. The summed E-state index contributed by atoms with van der Waals surface area (Å²) < 4.78 is 0.556. The number of H-pyrrole nitrogens is 1. The summed E-state index contributed by atoms with van der Waals surface area (Å²) in [5, 5.41) is 10.6. The van der Waals surface area contributed by atoms with Crippen molar-refractivity contribution in [1.29, 1.82) is 0 Å². The minimum atomic E-state index is -0.937. The molecule has 0 spiro atoms. The van der Waals surface area contributed by atoms with Gasteiger partial charge in [0.25, 0.3) is 5.56 Å². The first-order chi connectivity index (χ1) is 9.97. The van der Waals surface area contributed by atoms with Crippen molar-refractivity contribution in [1.82, 2.24) is 14.9 Å². The van der Waals surface area contributed by atoms with Gasteiger partial charge in [-0.3, -0.25) is 14.4 Å². The summed E-state index contributed by atoms with van der Waals surface area (Å²) in [4.78, 5) is 43.0. The molecule has 0 unspecified atom stereocenters. The molecule has 0 bridgehead atoms. The number of carbonyl (C=O) groups is 2. The van der Waals surface area contributed by atoms with E-state index in [1.54, 1.807) is 18.5 Å². The van der Waals surface area contributed by atoms with Crippen LogP contribution in [0.2, 0.25) is 0 Å². The molecule has 1 aliphatic rings. The monoisotopic (exact) mass is 307 g/mol. The van der Waals surface area contributed by atoms with Crippen molar-refractivity contribution in [2.75, 3.05) is 7.05 Å². The van der Waals surface area contributed by atoms with Gasteiger partial charge in [0.1, 0.15) is 10.5 Å². The van der Waals surface area contributed by atoms with Crippen LogP contribution in [-0.4, -0.2) is 38.9 Å². The first-order valence-corrected chi connectivity index (χ1v) is 7.29. The zero-order chi connectivity index (χ0) is 15.1. The third-order valence-corrected chi connectivity index (χ3v) is 4.45. The number of aliphatic carboxylic acids is 1. The molecule has 1 amide bonds. The highest BCUT2D eigenvalue weighted by molar-refractivity contribution is 7.17. The van der Waals surface area contributed by atoms with E-state index in [4.69, 9.17) is 5.11 Å². The van der Waals surface area contributed by atoms with Crippen LogP contribution in [0.1, 0.15) is 12.2 Å². The maximum Gasteiger partial charge on any atom is 0.307 e. The second-order valence-electron chi connectivity index (χ2n) is 5.13. The Bertz CT molecular complexity index is 781. The van der Waals surface area contributed by atoms with Gasteiger partial charge in [-0.25, -0.2) is 4.98 Å². The highest BCUT2D eigenvalue weighted by Crippen LogP contribution is 2.40. The lowest BCUT2D eigenvalue weighted by Gasteiger charge is -2.16. The molecule has 2 aromatic heterocycles. The van der Waals surface area contributed by atoms with Gasteiger partial charge in [-0.15, -0.1) is 11.3 Å². The summed E-state index contributed by atoms with van der Waals surface area (Å²) in [5.74, 6) is -1.80. The summed E-state index contributed by atoms with van der Waals surface area (Å²) in [5.41, 5.74) is 0.384. The molecule has 21 heavy (non-hydrogen) atoms. The predicted molar refractivity (Wildman–Crippen MR) is 75.9 cm³/mol. The van der Waals surface area contributed by atoms with Crippen molar-refractivity contribution >= 4 is 33.4 Å². The Morgan fingerprint density at radius 1 is 1.52 bits per heavy atom. The number of carboxylic acid groups (broad SMARTS) is 1. The lowest BCUT2D eigenvalue weighted by Crippen LogP contribution is -2.30. The molecule has 7 nitrogen and oxygen atoms in total. The topological polar surface area (TPSA) is 103 Å². The SMILES string of the molecule is CN(Cc1nc2ccsc2c(=O)[nH]1)C(=O)[C@@H]1C[C@H]1C(=O)O. The highest BCUT2D eigenvalue weighted by atomic mass is 32.1. The number of hydrogen-bond acceptors (Lipinski definition) is 5. The van der Waals surface area contributed by atoms with E-state index in [0.29, 0.717) is 22.5 Å². The van der Waals surface area contributed by atoms with Gasteiger partial charge in [-0.2, -0.15) is 0 Å². The van der Waals surface area contributed by atoms with Crippen LogP contribution in [0.15, 0.2) is 16.2 Å². The molecule has 2 N–H and O–H groups in total. The molecule has 0 aliphatic heterocycles. The normalized spacial score (nSPS) is 20.4. The Balaban J connectivity index is 1.74. The third-order valence-electron chi connectivity index (χ3n) is 3.55. The second kappa shape index (κ2) is 4.96. The lowest BCUT2D eigenvalue weighted by molar-refractivity contribution is -0.141. The van der Waals surface area contributed by atoms with E-state index in [0.717, 1.165) is 0 Å². The van der Waals surface area contributed by atoms with Crippen molar-refractivity contribution in [3.05, 3.63) is 27.6 Å². The van der Waals surface area contributed by atoms with E-state index in [-0.39, 0.29) is 18.0 Å². The average molecular weight is 307 g/mol. The third kappa shape index (κ3) is 2.54. The predicted octanol–water partition coefficient (Wildman–Crippen LogP) is 0.664. The van der Waals surface area contributed by atoms with Gasteiger partial charge >= 0.3 is 5.97 Å². The van der Waals surface area contributed by atoms with Crippen LogP contribution in [0.5, 0.6) is 0 Å². The summed E-state index contributed by atoms with van der Waals surface area (Å²) in [6.45, 7) is 0.155. The van der Waals surface area contributed by atoms with Crippen LogP contribution >= 0.6 is 11.3 Å². The van der Waals surface area contributed by atoms with Gasteiger partial charge in [0, 0.05) is 7.05 Å². The van der Waals surface area contributed by atoms with Crippen LogP contribution in [0, 0.1) is 11.8 Å². The molecular weight excluding hydrogens is 294 g/mol. The van der Waals surface area contributed by atoms with E-state index in [1.165, 1.54) is 16.2 Å². The van der Waals surface area contributed by atoms with Crippen molar-refractivity contribution in [3.8, 4) is 0 Å². The van der Waals surface area contributed by atoms with E-state index < -0.39 is 17.8 Å². The summed E-state index contributed by atoms with van der Waals surface area (Å²) >= 11 is 1.31. The number of aromatic amines is 1. The van der Waals surface area contributed by atoms with E-state index in [9.17, 15) is 14.4 Å². The fourth-order valence-electron chi connectivity index (χ4n) is 2.32. The van der Waals surface area contributed by atoms with Gasteiger partial charge in [-0.1, -0.05) is 0 Å². The molecule has 1 fully saturated rings. The van der Waals surface area contributed by atoms with Crippen molar-refractivity contribution in [3.63, 3.8) is 0 Å². The van der Waals surface area contributed by atoms with E-state index >= 15 is 0 Å². The number of fused-ring (bicyclic) bond motifs is 1. The van der Waals surface area contributed by atoms with Gasteiger partial charge in [-0.05, 0) is 17.9 Å². The van der Waals surface area contributed by atoms with Crippen molar-refractivity contribution in [2.45, 2.75) is 13.0 Å². The largest absolute Gasteiger partial charge is 0.481 e. The Labute approximate surface area is 123 Å². The molecule has 0 radical (unpaired) electrons. The molecule has 2 heterocycles. The summed E-state index contributed by atoms with van der Waals surface area (Å²) in [6.07, 6.45) is 0.381. The standard InChI is InChI=1S/C13H13N3O4S/c1-16(12(18)6-4-7(6)13(19)20)5-9-14-8-2-3-21-10(8)11(17)15-9/h2-3,6-7H,4-5H2,1H3,(H,19,20)(H,14,15,17)/t6-,7-/m1/s1. The number of hydrogen-bond donors (Lipinski definition) is 2. The van der Waals surface area contributed by atoms with E-state index in [2.05, 4.69) is 9.97 Å². The zero-order valence-electron chi connectivity index (χ0n) is 11.2. The molecule has 8 heteroatoms. The number of amides is 1. The fourth-order valence-corrected chi connectivity index (χ4v) is 3.05. The number of carboxylic acids is 1. The van der Waals surface area contributed by atoms with Gasteiger partial charge in [0.2, 0.25) is 5.91 Å². The number of carbonyl (C=O) groups excluding carboxylic acids is 1. The number of aromatic nitrogens is 2. The van der Waals surface area contributed by atoms with E-state index in [1.807, 2.05) is 0 Å². The number of rotatable bonds is 4. The first kappa shape index (κ1) is 13.7. The zero-order valence-corrected chi connectivity index (χ0v) is 12.0. The summed E-state index contributed by atoms with van der Waals surface area (Å²) in [7, 11) is 1.58. The van der Waals surface area contributed by atoms with Gasteiger partial charge in [0.05, 0.1) is 23.9 Å². The van der Waals surface area contributed by atoms with Crippen LogP contribution < -0.4 is 5.56 Å². The minimum absolute atomic E-state index is 0.155. The molecular formula is C13H13N3O4S. The Morgan fingerprint density at radius 3 is 2.95 bits per heavy atom. The van der Waals surface area contributed by atoms with Gasteiger partial charge < -0.3 is 15.0 Å². The molecule has 2 atom stereocenters. The lowest BCUT2D eigenvalue weighted by atomic mass is 10.3. The molecule has 0 aromatic carbocycles. The van der Waals surface area contributed by atoms with Crippen LogP contribution in [0.25, 0.3) is 10.2 Å². The quantitative estimate of drug-likeness (QED) is 0.864. The molecule has 3 rings (SSSR count). The van der Waals surface area contributed by atoms with Crippen LogP contribution in [-0.2, 0) is 16.1 Å². The number of nitrogens with one attached hydrogen (secondary N) is 1. The van der Waals surface area contributed by atoms with Gasteiger partial charge in [0.15, 0.2) is 0 Å². The molecule has 110 valence electrons. The van der Waals surface area contributed by atoms with Crippen LogP contribution in [0.4, 0.5) is 0 Å². The Morgan fingerprint density at radius 2 is 2.29 bits per heavy atom. The maximum absolute atomic E-state index is 12.1.